The van der Waals surface area contributed by atoms with Crippen molar-refractivity contribution in [1.82, 2.24) is 9.36 Å². The van der Waals surface area contributed by atoms with Crippen molar-refractivity contribution in [1.29, 1.82) is 0 Å². The van der Waals surface area contributed by atoms with E-state index in [1.807, 2.05) is 0 Å². The zero-order chi connectivity index (χ0) is 13.0. The van der Waals surface area contributed by atoms with E-state index in [2.05, 4.69) is 28.5 Å². The molecular formula is C13H23N3OS. The molecule has 2 atom stereocenters. The van der Waals surface area contributed by atoms with Gasteiger partial charge in [0.25, 0.3) is 0 Å². The second-order valence-corrected chi connectivity index (χ2v) is 6.32. The fourth-order valence-electron chi connectivity index (χ4n) is 2.66. The quantitative estimate of drug-likeness (QED) is 0.833. The molecule has 0 spiro atoms. The van der Waals surface area contributed by atoms with Gasteiger partial charge in [-0.15, -0.1) is 0 Å². The van der Waals surface area contributed by atoms with E-state index >= 15 is 0 Å². The Balaban J connectivity index is 1.90. The maximum atomic E-state index is 9.06. The second-order valence-electron chi connectivity index (χ2n) is 5.57. The van der Waals surface area contributed by atoms with E-state index in [1.165, 1.54) is 30.8 Å². The Bertz CT molecular complexity index is 367. The molecule has 4 nitrogen and oxygen atoms in total. The van der Waals surface area contributed by atoms with E-state index in [4.69, 9.17) is 5.11 Å². The van der Waals surface area contributed by atoms with Crippen molar-refractivity contribution in [2.45, 2.75) is 52.0 Å². The molecule has 5 heteroatoms. The molecular weight excluding hydrogens is 246 g/mol. The molecule has 1 aliphatic carbocycles. The van der Waals surface area contributed by atoms with Crippen LogP contribution in [0.15, 0.2) is 0 Å². The maximum Gasteiger partial charge on any atom is 0.202 e. The van der Waals surface area contributed by atoms with Crippen molar-refractivity contribution >= 4 is 16.7 Å². The van der Waals surface area contributed by atoms with Crippen LogP contribution in [-0.2, 0) is 6.42 Å². The average molecular weight is 269 g/mol. The Morgan fingerprint density at radius 2 is 2.28 bits per heavy atom. The summed E-state index contributed by atoms with van der Waals surface area (Å²) >= 11 is 1.46. The summed E-state index contributed by atoms with van der Waals surface area (Å²) in [5.41, 5.74) is 0. The Morgan fingerprint density at radius 1 is 1.44 bits per heavy atom. The summed E-state index contributed by atoms with van der Waals surface area (Å²) in [6.07, 6.45) is 5.50. The zero-order valence-electron chi connectivity index (χ0n) is 11.2. The summed E-state index contributed by atoms with van der Waals surface area (Å²) in [7, 11) is 0. The molecule has 2 unspecified atom stereocenters. The normalized spacial score (nSPS) is 23.8. The fraction of sp³-hybridized carbons (Fsp3) is 0.846. The highest BCUT2D eigenvalue weighted by Gasteiger charge is 2.27. The first-order chi connectivity index (χ1) is 8.69. The van der Waals surface area contributed by atoms with Gasteiger partial charge in [0, 0.05) is 30.6 Å². The highest BCUT2D eigenvalue weighted by Crippen LogP contribution is 2.31. The summed E-state index contributed by atoms with van der Waals surface area (Å²) < 4.78 is 4.39. The predicted molar refractivity (Wildman–Crippen MR) is 74.9 cm³/mol. The molecule has 1 aliphatic rings. The van der Waals surface area contributed by atoms with Crippen molar-refractivity contribution in [3.05, 3.63) is 5.82 Å². The average Bonchev–Trinajstić information content (AvgIpc) is 2.90. The highest BCUT2D eigenvalue weighted by molar-refractivity contribution is 7.09. The van der Waals surface area contributed by atoms with Gasteiger partial charge >= 0.3 is 0 Å². The summed E-state index contributed by atoms with van der Waals surface area (Å²) in [6.45, 7) is 4.66. The minimum absolute atomic E-state index is 0.289. The van der Waals surface area contributed by atoms with Crippen molar-refractivity contribution in [2.24, 2.45) is 11.8 Å². The lowest BCUT2D eigenvalue weighted by atomic mass is 10.0. The molecule has 1 saturated carbocycles. The van der Waals surface area contributed by atoms with E-state index in [1.54, 1.807) is 0 Å². The number of hydrogen-bond acceptors (Lipinski definition) is 5. The van der Waals surface area contributed by atoms with Crippen LogP contribution < -0.4 is 5.32 Å². The Hall–Kier alpha value is -0.680. The third kappa shape index (κ3) is 3.65. The first kappa shape index (κ1) is 13.7. The summed E-state index contributed by atoms with van der Waals surface area (Å²) in [4.78, 5) is 4.54. The fourth-order valence-corrected chi connectivity index (χ4v) is 3.31. The predicted octanol–water partition coefficient (Wildman–Crippen LogP) is 2.70. The van der Waals surface area contributed by atoms with Crippen LogP contribution in [0.5, 0.6) is 0 Å². The van der Waals surface area contributed by atoms with Crippen LogP contribution in [0.3, 0.4) is 0 Å². The second kappa shape index (κ2) is 6.48. The molecule has 0 aliphatic heterocycles. The summed E-state index contributed by atoms with van der Waals surface area (Å²) in [6, 6.07) is 0.469. The molecule has 2 rings (SSSR count). The molecule has 0 saturated heterocycles. The van der Waals surface area contributed by atoms with Crippen molar-refractivity contribution < 1.29 is 5.11 Å². The third-order valence-corrected chi connectivity index (χ3v) is 4.21. The van der Waals surface area contributed by atoms with Crippen molar-refractivity contribution in [2.75, 3.05) is 11.9 Å². The molecule has 1 fully saturated rings. The molecule has 102 valence electrons. The van der Waals surface area contributed by atoms with Gasteiger partial charge in [-0.05, 0) is 31.1 Å². The largest absolute Gasteiger partial charge is 0.396 e. The number of hydrogen-bond donors (Lipinski definition) is 2. The van der Waals surface area contributed by atoms with Crippen molar-refractivity contribution in [3.63, 3.8) is 0 Å². The molecule has 0 bridgehead atoms. The zero-order valence-corrected chi connectivity index (χ0v) is 12.0. The minimum atomic E-state index is 0.289. The third-order valence-electron chi connectivity index (χ3n) is 3.53. The van der Waals surface area contributed by atoms with Gasteiger partial charge in [0.2, 0.25) is 5.13 Å². The first-order valence-electron chi connectivity index (χ1n) is 6.89. The maximum absolute atomic E-state index is 9.06. The van der Waals surface area contributed by atoms with Gasteiger partial charge in [0.05, 0.1) is 0 Å². The Morgan fingerprint density at radius 3 is 3.00 bits per heavy atom. The first-order valence-corrected chi connectivity index (χ1v) is 7.66. The Kier molecular flexibility index (Phi) is 4.95. The summed E-state index contributed by atoms with van der Waals surface area (Å²) in [5.74, 6) is 2.14. The van der Waals surface area contributed by atoms with Gasteiger partial charge in [-0.3, -0.25) is 0 Å². The molecule has 2 N–H and O–H groups in total. The van der Waals surface area contributed by atoms with E-state index in [-0.39, 0.29) is 6.61 Å². The van der Waals surface area contributed by atoms with Crippen LogP contribution in [0.25, 0.3) is 0 Å². The lowest BCUT2D eigenvalue weighted by Gasteiger charge is -2.19. The monoisotopic (exact) mass is 269 g/mol. The van der Waals surface area contributed by atoms with Gasteiger partial charge in [0.15, 0.2) is 0 Å². The van der Waals surface area contributed by atoms with Gasteiger partial charge < -0.3 is 10.4 Å². The number of aromatic nitrogens is 2. The van der Waals surface area contributed by atoms with Gasteiger partial charge in [-0.25, -0.2) is 4.98 Å². The Labute approximate surface area is 113 Å². The van der Waals surface area contributed by atoms with Gasteiger partial charge in [-0.1, -0.05) is 20.3 Å². The van der Waals surface area contributed by atoms with E-state index in [0.717, 1.165) is 23.8 Å². The van der Waals surface area contributed by atoms with E-state index in [0.29, 0.717) is 17.9 Å². The molecule has 18 heavy (non-hydrogen) atoms. The standard InChI is InChI=1S/C13H23N3OS/c1-9(2)8-12-15-13(18-16-12)14-11-5-3-4-10(11)6-7-17/h9-11,17H,3-8H2,1-2H3,(H,14,15,16). The summed E-state index contributed by atoms with van der Waals surface area (Å²) in [5, 5.41) is 13.5. The molecule has 0 aromatic carbocycles. The SMILES string of the molecule is CC(C)Cc1nsc(NC2CCCC2CCO)n1. The van der Waals surface area contributed by atoms with Crippen LogP contribution in [0, 0.1) is 11.8 Å². The van der Waals surface area contributed by atoms with Gasteiger partial charge in [-0.2, -0.15) is 4.37 Å². The number of nitrogens with one attached hydrogen (secondary N) is 1. The van der Waals surface area contributed by atoms with Crippen LogP contribution in [0.2, 0.25) is 0 Å². The van der Waals surface area contributed by atoms with E-state index < -0.39 is 0 Å². The molecule has 1 aromatic rings. The molecule has 0 radical (unpaired) electrons. The highest BCUT2D eigenvalue weighted by atomic mass is 32.1. The molecule has 0 amide bonds. The van der Waals surface area contributed by atoms with Crippen LogP contribution in [0.1, 0.15) is 45.4 Å². The smallest absolute Gasteiger partial charge is 0.202 e. The number of aliphatic hydroxyl groups is 1. The minimum Gasteiger partial charge on any atom is -0.396 e. The number of anilines is 1. The number of nitrogens with zero attached hydrogens (tertiary/aromatic N) is 2. The van der Waals surface area contributed by atoms with Crippen LogP contribution in [0.4, 0.5) is 5.13 Å². The lowest BCUT2D eigenvalue weighted by molar-refractivity contribution is 0.254. The molecule has 1 heterocycles. The van der Waals surface area contributed by atoms with Gasteiger partial charge in [0.1, 0.15) is 5.82 Å². The molecule has 1 aromatic heterocycles. The van der Waals surface area contributed by atoms with Crippen LogP contribution in [-0.4, -0.2) is 27.1 Å². The van der Waals surface area contributed by atoms with E-state index in [9.17, 15) is 0 Å². The topological polar surface area (TPSA) is 58.0 Å². The van der Waals surface area contributed by atoms with Crippen molar-refractivity contribution in [3.8, 4) is 0 Å². The number of rotatable bonds is 6. The number of aliphatic hydroxyl groups excluding tert-OH is 1. The lowest BCUT2D eigenvalue weighted by Crippen LogP contribution is -2.24. The van der Waals surface area contributed by atoms with Crippen LogP contribution >= 0.6 is 11.5 Å².